The number of piperidine rings is 1. The fourth-order valence-electron chi connectivity index (χ4n) is 3.41. The van der Waals surface area contributed by atoms with E-state index in [0.29, 0.717) is 36.4 Å². The maximum absolute atomic E-state index is 14.2. The Kier molecular flexibility index (Phi) is 8.68. The second kappa shape index (κ2) is 10.8. The minimum Gasteiger partial charge on any atom is -0.493 e. The number of carbonyl (C=O) groups excluding carboxylic acids is 2. The van der Waals surface area contributed by atoms with Crippen molar-refractivity contribution >= 4 is 12.0 Å². The number of hydrogen-bond donors (Lipinski definition) is 1. The molecular formula is C23H35FN2O5. The molecule has 0 bridgehead atoms. The van der Waals surface area contributed by atoms with Crippen molar-refractivity contribution in [1.29, 1.82) is 0 Å². The third kappa shape index (κ3) is 7.69. The highest BCUT2D eigenvalue weighted by atomic mass is 19.1. The highest BCUT2D eigenvalue weighted by Gasteiger charge is 2.26. The van der Waals surface area contributed by atoms with Gasteiger partial charge in [0.05, 0.1) is 18.2 Å². The summed E-state index contributed by atoms with van der Waals surface area (Å²) in [5.74, 6) is -0.637. The molecular weight excluding hydrogens is 403 g/mol. The number of ether oxygens (including phenoxy) is 2. The van der Waals surface area contributed by atoms with Crippen molar-refractivity contribution < 1.29 is 28.7 Å². The Morgan fingerprint density at radius 2 is 1.90 bits per heavy atom. The monoisotopic (exact) mass is 438 g/mol. The van der Waals surface area contributed by atoms with Gasteiger partial charge >= 0.3 is 6.09 Å². The first-order valence-electron chi connectivity index (χ1n) is 10.9. The maximum atomic E-state index is 14.2. The van der Waals surface area contributed by atoms with Gasteiger partial charge in [0.15, 0.2) is 0 Å². The van der Waals surface area contributed by atoms with E-state index in [2.05, 4.69) is 0 Å². The Hall–Kier alpha value is -2.35. The summed E-state index contributed by atoms with van der Waals surface area (Å²) in [4.78, 5) is 25.9. The van der Waals surface area contributed by atoms with Crippen molar-refractivity contribution in [3.63, 3.8) is 0 Å². The van der Waals surface area contributed by atoms with Gasteiger partial charge in [-0.25, -0.2) is 14.2 Å². The Morgan fingerprint density at radius 3 is 2.45 bits per heavy atom. The van der Waals surface area contributed by atoms with Gasteiger partial charge < -0.3 is 14.4 Å². The molecule has 8 heteroatoms. The van der Waals surface area contributed by atoms with Crippen LogP contribution in [0.3, 0.4) is 0 Å². The molecule has 1 aromatic rings. The summed E-state index contributed by atoms with van der Waals surface area (Å²) in [5, 5.41) is 10.2. The Labute approximate surface area is 184 Å². The quantitative estimate of drug-likeness (QED) is 0.373. The molecule has 174 valence electrons. The van der Waals surface area contributed by atoms with Crippen molar-refractivity contribution in [2.75, 3.05) is 19.7 Å². The number of hydrogen-bond acceptors (Lipinski definition) is 5. The van der Waals surface area contributed by atoms with Gasteiger partial charge in [-0.3, -0.25) is 10.0 Å². The molecule has 7 nitrogen and oxygen atoms in total. The SMILES string of the molecule is CC(C)N(O)C(=O)c1ccc(OCCCC2CCN(C(=O)OC(C)(C)C)CC2)cc1F. The van der Waals surface area contributed by atoms with Gasteiger partial charge in [0.25, 0.3) is 5.91 Å². The number of halogens is 1. The molecule has 1 fully saturated rings. The topological polar surface area (TPSA) is 79.3 Å². The summed E-state index contributed by atoms with van der Waals surface area (Å²) in [6.45, 7) is 10.7. The third-order valence-electron chi connectivity index (χ3n) is 5.16. The van der Waals surface area contributed by atoms with Crippen LogP contribution >= 0.6 is 0 Å². The molecule has 0 radical (unpaired) electrons. The zero-order valence-electron chi connectivity index (χ0n) is 19.2. The molecule has 1 aromatic carbocycles. The van der Waals surface area contributed by atoms with Crippen molar-refractivity contribution in [3.8, 4) is 5.75 Å². The van der Waals surface area contributed by atoms with E-state index in [4.69, 9.17) is 9.47 Å². The van der Waals surface area contributed by atoms with Gasteiger partial charge in [-0.2, -0.15) is 0 Å². The predicted octanol–water partition coefficient (Wildman–Crippen LogP) is 4.87. The van der Waals surface area contributed by atoms with Gasteiger partial charge in [-0.1, -0.05) is 0 Å². The first-order valence-corrected chi connectivity index (χ1v) is 10.9. The van der Waals surface area contributed by atoms with Crippen molar-refractivity contribution in [2.45, 2.75) is 71.9 Å². The number of amides is 2. The Morgan fingerprint density at radius 1 is 1.26 bits per heavy atom. The van der Waals surface area contributed by atoms with Crippen LogP contribution in [0.5, 0.6) is 5.75 Å². The second-order valence-corrected chi connectivity index (χ2v) is 9.29. The normalized spacial score (nSPS) is 15.2. The van der Waals surface area contributed by atoms with Crippen LogP contribution in [0, 0.1) is 11.7 Å². The van der Waals surface area contributed by atoms with Crippen LogP contribution in [0.15, 0.2) is 18.2 Å². The van der Waals surface area contributed by atoms with Crippen LogP contribution in [0.2, 0.25) is 0 Å². The first kappa shape index (κ1) is 24.9. The molecule has 1 aliphatic rings. The summed E-state index contributed by atoms with van der Waals surface area (Å²) in [6.07, 6.45) is 3.39. The maximum Gasteiger partial charge on any atom is 0.410 e. The van der Waals surface area contributed by atoms with Crippen molar-refractivity contribution in [2.24, 2.45) is 5.92 Å². The number of rotatable bonds is 7. The Balaban J connectivity index is 1.72. The lowest BCUT2D eigenvalue weighted by Crippen LogP contribution is -2.41. The third-order valence-corrected chi connectivity index (χ3v) is 5.16. The van der Waals surface area contributed by atoms with E-state index in [1.807, 2.05) is 20.8 Å². The molecule has 0 atom stereocenters. The zero-order chi connectivity index (χ0) is 23.2. The summed E-state index contributed by atoms with van der Waals surface area (Å²) in [5.41, 5.74) is -0.678. The van der Waals surface area contributed by atoms with Crippen LogP contribution in [-0.2, 0) is 4.74 Å². The molecule has 0 spiro atoms. The van der Waals surface area contributed by atoms with Crippen LogP contribution < -0.4 is 4.74 Å². The summed E-state index contributed by atoms with van der Waals surface area (Å²) < 4.78 is 25.3. The fourth-order valence-corrected chi connectivity index (χ4v) is 3.41. The van der Waals surface area contributed by atoms with E-state index in [1.165, 1.54) is 18.2 Å². The molecule has 0 aliphatic carbocycles. The standard InChI is InChI=1S/C23H35FN2O5/c1-16(2)26(29)21(27)19-9-8-18(15-20(19)24)30-14-6-7-17-10-12-25(13-11-17)22(28)31-23(3,4)5/h8-9,15-17,29H,6-7,10-14H2,1-5H3. The van der Waals surface area contributed by atoms with Gasteiger partial charge in [0.2, 0.25) is 0 Å². The predicted molar refractivity (Wildman–Crippen MR) is 115 cm³/mol. The van der Waals surface area contributed by atoms with Crippen LogP contribution in [-0.4, -0.2) is 58.5 Å². The molecule has 2 amide bonds. The number of benzene rings is 1. The van der Waals surface area contributed by atoms with Gasteiger partial charge in [-0.15, -0.1) is 0 Å². The summed E-state index contributed by atoms with van der Waals surface area (Å²) in [6, 6.07) is 3.58. The van der Waals surface area contributed by atoms with Crippen LogP contribution in [0.25, 0.3) is 0 Å². The average Bonchev–Trinajstić information content (AvgIpc) is 2.69. The molecule has 1 aliphatic heterocycles. The van der Waals surface area contributed by atoms with Gasteiger partial charge in [0, 0.05) is 19.2 Å². The lowest BCUT2D eigenvalue weighted by Gasteiger charge is -2.33. The fraction of sp³-hybridized carbons (Fsp3) is 0.652. The first-order chi connectivity index (χ1) is 14.5. The lowest BCUT2D eigenvalue weighted by molar-refractivity contribution is -0.0797. The number of carbonyl (C=O) groups is 2. The van der Waals surface area contributed by atoms with Gasteiger partial charge in [0.1, 0.15) is 17.2 Å². The molecule has 0 unspecified atom stereocenters. The number of nitrogens with zero attached hydrogens (tertiary/aromatic N) is 2. The number of hydroxylamine groups is 2. The largest absolute Gasteiger partial charge is 0.493 e. The zero-order valence-corrected chi connectivity index (χ0v) is 19.2. The van der Waals surface area contributed by atoms with Gasteiger partial charge in [-0.05, 0) is 78.4 Å². The van der Waals surface area contributed by atoms with Crippen molar-refractivity contribution in [1.82, 2.24) is 9.96 Å². The Bertz CT molecular complexity index is 755. The molecule has 0 aromatic heterocycles. The van der Waals surface area contributed by atoms with E-state index in [1.54, 1.807) is 18.7 Å². The minimum absolute atomic E-state index is 0.194. The summed E-state index contributed by atoms with van der Waals surface area (Å²) >= 11 is 0. The van der Waals surface area contributed by atoms with E-state index in [9.17, 15) is 19.2 Å². The molecule has 1 N–H and O–H groups in total. The molecule has 0 saturated carbocycles. The van der Waals surface area contributed by atoms with E-state index < -0.39 is 23.4 Å². The van der Waals surface area contributed by atoms with E-state index in [-0.39, 0.29) is 11.7 Å². The highest BCUT2D eigenvalue weighted by molar-refractivity contribution is 5.94. The summed E-state index contributed by atoms with van der Waals surface area (Å²) in [7, 11) is 0. The molecule has 2 rings (SSSR count). The van der Waals surface area contributed by atoms with Crippen LogP contribution in [0.1, 0.15) is 70.7 Å². The highest BCUT2D eigenvalue weighted by Crippen LogP contribution is 2.24. The van der Waals surface area contributed by atoms with E-state index in [0.717, 1.165) is 25.7 Å². The van der Waals surface area contributed by atoms with E-state index >= 15 is 0 Å². The molecule has 31 heavy (non-hydrogen) atoms. The number of likely N-dealkylation sites (tertiary alicyclic amines) is 1. The lowest BCUT2D eigenvalue weighted by atomic mass is 9.92. The smallest absolute Gasteiger partial charge is 0.410 e. The average molecular weight is 439 g/mol. The minimum atomic E-state index is -0.781. The second-order valence-electron chi connectivity index (χ2n) is 9.29. The molecule has 1 saturated heterocycles. The molecule has 1 heterocycles. The van der Waals surface area contributed by atoms with Crippen molar-refractivity contribution in [3.05, 3.63) is 29.6 Å². The van der Waals surface area contributed by atoms with Crippen LogP contribution in [0.4, 0.5) is 9.18 Å².